The SMILES string of the molecule is Cc1cccc(-c2noc(Cc3nnc(-c4cccc(Cl)c4)o3)n2)c1. The van der Waals surface area contributed by atoms with E-state index in [1.807, 2.05) is 43.3 Å². The lowest BCUT2D eigenvalue weighted by molar-refractivity contribution is 0.374. The number of halogens is 1. The van der Waals surface area contributed by atoms with E-state index in [2.05, 4.69) is 20.3 Å². The number of rotatable bonds is 4. The molecule has 0 saturated heterocycles. The second kappa shape index (κ2) is 6.49. The van der Waals surface area contributed by atoms with Crippen LogP contribution in [-0.4, -0.2) is 20.3 Å². The van der Waals surface area contributed by atoms with Gasteiger partial charge in [-0.3, -0.25) is 0 Å². The molecular formula is C18H13ClN4O2. The van der Waals surface area contributed by atoms with Crippen LogP contribution in [0.1, 0.15) is 17.3 Å². The first-order valence-electron chi connectivity index (χ1n) is 7.65. The second-order valence-electron chi connectivity index (χ2n) is 5.57. The van der Waals surface area contributed by atoms with E-state index in [0.717, 1.165) is 16.7 Å². The normalized spacial score (nSPS) is 11.0. The van der Waals surface area contributed by atoms with Crippen molar-refractivity contribution in [3.8, 4) is 22.8 Å². The summed E-state index contributed by atoms with van der Waals surface area (Å²) in [5, 5.41) is 12.7. The molecule has 0 radical (unpaired) electrons. The van der Waals surface area contributed by atoms with Crippen LogP contribution in [0, 0.1) is 6.92 Å². The van der Waals surface area contributed by atoms with Crippen molar-refractivity contribution < 1.29 is 8.94 Å². The third kappa shape index (κ3) is 3.44. The van der Waals surface area contributed by atoms with Gasteiger partial charge in [-0.15, -0.1) is 10.2 Å². The molecule has 25 heavy (non-hydrogen) atoms. The van der Waals surface area contributed by atoms with E-state index in [4.69, 9.17) is 20.5 Å². The molecular weight excluding hydrogens is 340 g/mol. The van der Waals surface area contributed by atoms with E-state index in [1.165, 1.54) is 0 Å². The lowest BCUT2D eigenvalue weighted by Gasteiger charge is -1.95. The van der Waals surface area contributed by atoms with E-state index in [1.54, 1.807) is 12.1 Å². The Bertz CT molecular complexity index is 943. The van der Waals surface area contributed by atoms with Gasteiger partial charge >= 0.3 is 0 Å². The van der Waals surface area contributed by atoms with Gasteiger partial charge in [-0.05, 0) is 31.2 Å². The Morgan fingerprint density at radius 1 is 0.960 bits per heavy atom. The zero-order valence-corrected chi connectivity index (χ0v) is 14.1. The Balaban J connectivity index is 1.54. The molecule has 0 saturated carbocycles. The monoisotopic (exact) mass is 352 g/mol. The summed E-state index contributed by atoms with van der Waals surface area (Å²) in [5.74, 6) is 1.75. The second-order valence-corrected chi connectivity index (χ2v) is 6.01. The Hall–Kier alpha value is -2.99. The summed E-state index contributed by atoms with van der Waals surface area (Å²) in [7, 11) is 0. The molecule has 0 N–H and O–H groups in total. The topological polar surface area (TPSA) is 77.8 Å². The van der Waals surface area contributed by atoms with Crippen LogP contribution in [0.3, 0.4) is 0 Å². The van der Waals surface area contributed by atoms with Crippen LogP contribution in [-0.2, 0) is 6.42 Å². The van der Waals surface area contributed by atoms with Gasteiger partial charge in [0.15, 0.2) is 0 Å². The third-order valence-electron chi connectivity index (χ3n) is 3.59. The summed E-state index contributed by atoms with van der Waals surface area (Å²) in [5.41, 5.74) is 2.80. The zero-order valence-electron chi connectivity index (χ0n) is 13.3. The standard InChI is InChI=1S/C18H13ClN4O2/c1-11-4-2-5-12(8-11)17-20-15(25-23-17)10-16-21-22-18(24-16)13-6-3-7-14(19)9-13/h2-9H,10H2,1H3. The molecule has 2 heterocycles. The minimum Gasteiger partial charge on any atom is -0.420 e. The number of aryl methyl sites for hydroxylation is 1. The lowest BCUT2D eigenvalue weighted by Crippen LogP contribution is -1.89. The van der Waals surface area contributed by atoms with Crippen molar-refractivity contribution in [3.05, 3.63) is 70.9 Å². The van der Waals surface area contributed by atoms with Gasteiger partial charge < -0.3 is 8.94 Å². The van der Waals surface area contributed by atoms with E-state index in [0.29, 0.717) is 28.5 Å². The molecule has 6 nitrogen and oxygen atoms in total. The molecule has 0 spiro atoms. The van der Waals surface area contributed by atoms with Gasteiger partial charge in [0.2, 0.25) is 23.5 Å². The summed E-state index contributed by atoms with van der Waals surface area (Å²) in [4.78, 5) is 4.39. The maximum atomic E-state index is 5.98. The first-order valence-corrected chi connectivity index (χ1v) is 8.03. The Labute approximate surface area is 148 Å². The first kappa shape index (κ1) is 15.5. The van der Waals surface area contributed by atoms with Crippen molar-refractivity contribution in [2.24, 2.45) is 0 Å². The Morgan fingerprint density at radius 2 is 1.80 bits per heavy atom. The molecule has 0 atom stereocenters. The van der Waals surface area contributed by atoms with E-state index < -0.39 is 0 Å². The minimum atomic E-state index is 0.270. The summed E-state index contributed by atoms with van der Waals surface area (Å²) in [6, 6.07) is 15.1. The number of hydrogen-bond donors (Lipinski definition) is 0. The average Bonchev–Trinajstić information content (AvgIpc) is 3.25. The van der Waals surface area contributed by atoms with Crippen molar-refractivity contribution in [1.29, 1.82) is 0 Å². The zero-order chi connectivity index (χ0) is 17.2. The first-order chi connectivity index (χ1) is 12.2. The maximum absolute atomic E-state index is 5.98. The predicted molar refractivity (Wildman–Crippen MR) is 92.0 cm³/mol. The fourth-order valence-electron chi connectivity index (χ4n) is 2.42. The molecule has 7 heteroatoms. The lowest BCUT2D eigenvalue weighted by atomic mass is 10.1. The molecule has 0 aliphatic carbocycles. The van der Waals surface area contributed by atoms with Crippen LogP contribution < -0.4 is 0 Å². The number of benzene rings is 2. The molecule has 2 aromatic carbocycles. The molecule has 0 amide bonds. The van der Waals surface area contributed by atoms with Gasteiger partial charge in [0, 0.05) is 16.1 Å². The smallest absolute Gasteiger partial charge is 0.247 e. The van der Waals surface area contributed by atoms with Crippen LogP contribution in [0.2, 0.25) is 5.02 Å². The van der Waals surface area contributed by atoms with Crippen LogP contribution in [0.4, 0.5) is 0 Å². The van der Waals surface area contributed by atoms with Crippen molar-refractivity contribution in [2.45, 2.75) is 13.3 Å². The van der Waals surface area contributed by atoms with Gasteiger partial charge in [-0.2, -0.15) is 4.98 Å². The highest BCUT2D eigenvalue weighted by Gasteiger charge is 2.14. The van der Waals surface area contributed by atoms with Gasteiger partial charge in [0.25, 0.3) is 0 Å². The predicted octanol–water partition coefficient (Wildman–Crippen LogP) is 4.34. The van der Waals surface area contributed by atoms with Gasteiger partial charge in [0.05, 0.1) is 0 Å². The number of aromatic nitrogens is 4. The molecule has 4 rings (SSSR count). The van der Waals surface area contributed by atoms with E-state index >= 15 is 0 Å². The van der Waals surface area contributed by atoms with Gasteiger partial charge in [-0.25, -0.2) is 0 Å². The van der Waals surface area contributed by atoms with Crippen molar-refractivity contribution in [3.63, 3.8) is 0 Å². The molecule has 0 bridgehead atoms. The van der Waals surface area contributed by atoms with Crippen LogP contribution in [0.15, 0.2) is 57.5 Å². The molecule has 2 aromatic heterocycles. The highest BCUT2D eigenvalue weighted by Crippen LogP contribution is 2.23. The van der Waals surface area contributed by atoms with Crippen LogP contribution in [0.25, 0.3) is 22.8 Å². The van der Waals surface area contributed by atoms with Crippen LogP contribution >= 0.6 is 11.6 Å². The quantitative estimate of drug-likeness (QED) is 0.543. The summed E-state index contributed by atoms with van der Waals surface area (Å²) >= 11 is 5.98. The highest BCUT2D eigenvalue weighted by molar-refractivity contribution is 6.30. The van der Waals surface area contributed by atoms with Crippen LogP contribution in [0.5, 0.6) is 0 Å². The van der Waals surface area contributed by atoms with E-state index in [9.17, 15) is 0 Å². The molecule has 124 valence electrons. The average molecular weight is 353 g/mol. The molecule has 0 fully saturated rings. The van der Waals surface area contributed by atoms with Crippen molar-refractivity contribution in [2.75, 3.05) is 0 Å². The number of nitrogens with zero attached hydrogens (tertiary/aromatic N) is 4. The van der Waals surface area contributed by atoms with E-state index in [-0.39, 0.29) is 6.42 Å². The summed E-state index contributed by atoms with van der Waals surface area (Å²) in [6.07, 6.45) is 0.270. The molecule has 0 unspecified atom stereocenters. The molecule has 0 aliphatic rings. The number of hydrogen-bond acceptors (Lipinski definition) is 6. The Morgan fingerprint density at radius 3 is 2.64 bits per heavy atom. The van der Waals surface area contributed by atoms with Gasteiger partial charge in [-0.1, -0.05) is 46.6 Å². The van der Waals surface area contributed by atoms with Crippen molar-refractivity contribution in [1.82, 2.24) is 20.3 Å². The van der Waals surface area contributed by atoms with Gasteiger partial charge in [0.1, 0.15) is 6.42 Å². The molecule has 0 aliphatic heterocycles. The summed E-state index contributed by atoms with van der Waals surface area (Å²) < 4.78 is 10.9. The Kier molecular flexibility index (Phi) is 4.03. The largest absolute Gasteiger partial charge is 0.420 e. The fourth-order valence-corrected chi connectivity index (χ4v) is 2.61. The highest BCUT2D eigenvalue weighted by atomic mass is 35.5. The molecule has 4 aromatic rings. The fraction of sp³-hybridized carbons (Fsp3) is 0.111. The van der Waals surface area contributed by atoms with Crippen molar-refractivity contribution >= 4 is 11.6 Å². The minimum absolute atomic E-state index is 0.270. The third-order valence-corrected chi connectivity index (χ3v) is 3.82. The maximum Gasteiger partial charge on any atom is 0.247 e. The summed E-state index contributed by atoms with van der Waals surface area (Å²) in [6.45, 7) is 2.01.